The van der Waals surface area contributed by atoms with E-state index in [0.717, 1.165) is 25.5 Å². The number of aromatic nitrogens is 2. The second kappa shape index (κ2) is 7.44. The number of anilines is 1. The van der Waals surface area contributed by atoms with Crippen molar-refractivity contribution in [1.82, 2.24) is 20.2 Å². The molecule has 4 rings (SSSR count). The number of fused-ring (bicyclic) bond motifs is 1. The first-order chi connectivity index (χ1) is 13.7. The summed E-state index contributed by atoms with van der Waals surface area (Å²) in [5, 5.41) is 3.46. The fourth-order valence-corrected chi connectivity index (χ4v) is 4.46. The van der Waals surface area contributed by atoms with Crippen LogP contribution in [0.25, 0.3) is 11.0 Å². The number of likely N-dealkylation sites (tertiary alicyclic amines) is 1. The maximum absolute atomic E-state index is 13.4. The molecule has 0 aliphatic carbocycles. The molecule has 1 aromatic carbocycles. The molecule has 2 saturated heterocycles. The van der Waals surface area contributed by atoms with E-state index in [2.05, 4.69) is 27.1 Å². The number of hydrogen-bond acceptors (Lipinski definition) is 5. The Balaban J connectivity index is 1.62. The lowest BCUT2D eigenvalue weighted by Crippen LogP contribution is -2.53. The van der Waals surface area contributed by atoms with Crippen LogP contribution >= 0.6 is 0 Å². The van der Waals surface area contributed by atoms with Crippen molar-refractivity contribution in [2.75, 3.05) is 31.6 Å². The van der Waals surface area contributed by atoms with Gasteiger partial charge in [0.2, 0.25) is 5.91 Å². The van der Waals surface area contributed by atoms with Gasteiger partial charge >= 0.3 is 6.18 Å². The van der Waals surface area contributed by atoms with Crippen molar-refractivity contribution in [3.8, 4) is 0 Å². The van der Waals surface area contributed by atoms with Gasteiger partial charge in [-0.15, -0.1) is 0 Å². The van der Waals surface area contributed by atoms with Crippen LogP contribution < -0.4 is 10.2 Å². The smallest absolute Gasteiger partial charge is 0.368 e. The molecule has 0 unspecified atom stereocenters. The molecule has 2 fully saturated rings. The highest BCUT2D eigenvalue weighted by Crippen LogP contribution is 2.37. The van der Waals surface area contributed by atoms with E-state index in [9.17, 15) is 18.0 Å². The van der Waals surface area contributed by atoms with Crippen molar-refractivity contribution in [2.24, 2.45) is 5.92 Å². The number of nitrogens with one attached hydrogen (secondary N) is 1. The summed E-state index contributed by atoms with van der Waals surface area (Å²) in [6.07, 6.45) is -0.0982. The molecule has 1 N–H and O–H groups in total. The van der Waals surface area contributed by atoms with Crippen LogP contribution in [-0.4, -0.2) is 59.5 Å². The monoisotopic (exact) mass is 407 g/mol. The van der Waals surface area contributed by atoms with Gasteiger partial charge in [0.1, 0.15) is 11.0 Å². The van der Waals surface area contributed by atoms with Crippen molar-refractivity contribution in [3.63, 3.8) is 0 Å². The van der Waals surface area contributed by atoms with Crippen LogP contribution in [0.4, 0.5) is 18.9 Å². The van der Waals surface area contributed by atoms with E-state index in [1.54, 1.807) is 11.9 Å². The fourth-order valence-electron chi connectivity index (χ4n) is 4.46. The Morgan fingerprint density at radius 1 is 1.14 bits per heavy atom. The Morgan fingerprint density at radius 2 is 1.86 bits per heavy atom. The van der Waals surface area contributed by atoms with Crippen LogP contribution in [0.5, 0.6) is 0 Å². The lowest BCUT2D eigenvalue weighted by Gasteiger charge is -2.39. The summed E-state index contributed by atoms with van der Waals surface area (Å²) in [5.41, 5.74) is -0.00216. The molecule has 9 heteroatoms. The molecular formula is C20H24F3N5O. The number of carbonyl (C=O) groups excluding carboxylic acids is 1. The zero-order valence-electron chi connectivity index (χ0n) is 16.4. The number of hydrogen-bond donors (Lipinski definition) is 1. The van der Waals surface area contributed by atoms with Crippen molar-refractivity contribution in [1.29, 1.82) is 0 Å². The molecule has 1 aromatic heterocycles. The van der Waals surface area contributed by atoms with Gasteiger partial charge in [-0.25, -0.2) is 0 Å². The van der Waals surface area contributed by atoms with Gasteiger partial charge in [-0.05, 0) is 30.9 Å². The lowest BCUT2D eigenvalue weighted by molar-refractivity contribution is -0.136. The summed E-state index contributed by atoms with van der Waals surface area (Å²) in [5.74, 6) is 0.421. The summed E-state index contributed by atoms with van der Waals surface area (Å²) >= 11 is 0. The van der Waals surface area contributed by atoms with Gasteiger partial charge in [-0.2, -0.15) is 13.2 Å². The van der Waals surface area contributed by atoms with Gasteiger partial charge in [0, 0.05) is 45.1 Å². The summed E-state index contributed by atoms with van der Waals surface area (Å²) in [7, 11) is 1.80. The van der Waals surface area contributed by atoms with Crippen LogP contribution in [0.1, 0.15) is 25.3 Å². The number of halogens is 3. The van der Waals surface area contributed by atoms with E-state index in [1.807, 2.05) is 0 Å². The average molecular weight is 407 g/mol. The molecule has 3 heterocycles. The minimum absolute atomic E-state index is 0.0771. The zero-order valence-corrected chi connectivity index (χ0v) is 16.4. The molecule has 1 amide bonds. The van der Waals surface area contributed by atoms with E-state index in [1.165, 1.54) is 18.5 Å². The van der Waals surface area contributed by atoms with Crippen LogP contribution in [0.3, 0.4) is 0 Å². The van der Waals surface area contributed by atoms with Crippen LogP contribution in [0.2, 0.25) is 0 Å². The third-order valence-corrected chi connectivity index (χ3v) is 5.77. The first-order valence-electron chi connectivity index (χ1n) is 9.81. The number of carbonyl (C=O) groups is 1. The number of alkyl halides is 3. The molecule has 156 valence electrons. The molecule has 0 saturated carbocycles. The quantitative estimate of drug-likeness (QED) is 0.848. The maximum Gasteiger partial charge on any atom is 0.418 e. The highest BCUT2D eigenvalue weighted by atomic mass is 19.4. The third kappa shape index (κ3) is 3.88. The Labute approximate surface area is 167 Å². The summed E-state index contributed by atoms with van der Waals surface area (Å²) in [6, 6.07) is 2.46. The molecule has 2 aliphatic rings. The minimum Gasteiger partial charge on any atom is -0.368 e. The third-order valence-electron chi connectivity index (χ3n) is 5.77. The summed E-state index contributed by atoms with van der Waals surface area (Å²) in [6.45, 7) is 4.17. The highest BCUT2D eigenvalue weighted by Gasteiger charge is 2.36. The number of rotatable bonds is 3. The lowest BCUT2D eigenvalue weighted by atomic mass is 9.94. The maximum atomic E-state index is 13.4. The molecule has 29 heavy (non-hydrogen) atoms. The number of likely N-dealkylation sites (N-methyl/N-ethyl adjacent to an activating group) is 1. The highest BCUT2D eigenvalue weighted by molar-refractivity contribution is 5.91. The standard InChI is InChI=1S/C20H24F3N5O/c1-12-9-13(26-15-5-8-27(2)19(15)29)11-28(10-12)16-4-3-14(20(21,22)23)17-18(16)25-7-6-24-17/h3-4,6-7,12-13,15,26H,5,8-11H2,1-2H3/t12-,13+,15-/m0/s1. The Hall–Kier alpha value is -2.42. The van der Waals surface area contributed by atoms with Gasteiger partial charge in [-0.3, -0.25) is 14.8 Å². The van der Waals surface area contributed by atoms with Crippen LogP contribution in [-0.2, 0) is 11.0 Å². The molecule has 6 nitrogen and oxygen atoms in total. The Morgan fingerprint density at radius 3 is 2.52 bits per heavy atom. The van der Waals surface area contributed by atoms with Gasteiger partial charge in [0.25, 0.3) is 0 Å². The van der Waals surface area contributed by atoms with E-state index in [4.69, 9.17) is 0 Å². The molecule has 0 spiro atoms. The predicted molar refractivity (Wildman–Crippen MR) is 103 cm³/mol. The fraction of sp³-hybridized carbons (Fsp3) is 0.550. The number of nitrogens with zero attached hydrogens (tertiary/aromatic N) is 4. The van der Waals surface area contributed by atoms with Crippen LogP contribution in [0.15, 0.2) is 24.5 Å². The molecule has 2 aromatic rings. The van der Waals surface area contributed by atoms with E-state index in [-0.39, 0.29) is 29.0 Å². The molecule has 0 bridgehead atoms. The summed E-state index contributed by atoms with van der Waals surface area (Å²) in [4.78, 5) is 24.2. The number of benzene rings is 1. The van der Waals surface area contributed by atoms with Crippen molar-refractivity contribution >= 4 is 22.6 Å². The van der Waals surface area contributed by atoms with Crippen molar-refractivity contribution < 1.29 is 18.0 Å². The zero-order chi connectivity index (χ0) is 20.8. The first kappa shape index (κ1) is 19.9. The van der Waals surface area contributed by atoms with E-state index >= 15 is 0 Å². The Bertz CT molecular complexity index is 919. The Kier molecular flexibility index (Phi) is 5.10. The molecule has 2 aliphatic heterocycles. The van der Waals surface area contributed by atoms with Crippen LogP contribution in [0, 0.1) is 5.92 Å². The normalized spacial score (nSPS) is 25.8. The van der Waals surface area contributed by atoms with E-state index < -0.39 is 11.7 Å². The second-order valence-electron chi connectivity index (χ2n) is 8.09. The predicted octanol–water partition coefficient (Wildman–Crippen LogP) is 2.68. The first-order valence-corrected chi connectivity index (χ1v) is 9.81. The van der Waals surface area contributed by atoms with Crippen molar-refractivity contribution in [3.05, 3.63) is 30.1 Å². The van der Waals surface area contributed by atoms with Gasteiger partial charge in [0.15, 0.2) is 0 Å². The van der Waals surface area contributed by atoms with Gasteiger partial charge in [-0.1, -0.05) is 6.92 Å². The van der Waals surface area contributed by atoms with E-state index in [0.29, 0.717) is 24.7 Å². The number of amides is 1. The summed E-state index contributed by atoms with van der Waals surface area (Å²) < 4.78 is 40.2. The van der Waals surface area contributed by atoms with Gasteiger partial charge in [0.05, 0.1) is 17.3 Å². The van der Waals surface area contributed by atoms with Gasteiger partial charge < -0.3 is 15.1 Å². The molecule has 3 atom stereocenters. The topological polar surface area (TPSA) is 61.4 Å². The second-order valence-corrected chi connectivity index (χ2v) is 8.09. The van der Waals surface area contributed by atoms with Crippen molar-refractivity contribution in [2.45, 2.75) is 38.0 Å². The molecular weight excluding hydrogens is 383 g/mol. The minimum atomic E-state index is -4.49. The average Bonchev–Trinajstić information content (AvgIpc) is 2.98. The molecule has 0 radical (unpaired) electrons. The largest absolute Gasteiger partial charge is 0.418 e. The number of piperidine rings is 1. The SMILES string of the molecule is C[C@H]1C[C@@H](N[C@H]2CCN(C)C2=O)CN(c2ccc(C(F)(F)F)c3nccnc23)C1.